The van der Waals surface area contributed by atoms with Crippen LogP contribution in [-0.4, -0.2) is 25.0 Å². The highest BCUT2D eigenvalue weighted by Crippen LogP contribution is 2.25. The molecule has 3 aromatic rings. The molecule has 31 heavy (non-hydrogen) atoms. The van der Waals surface area contributed by atoms with Gasteiger partial charge in [-0.25, -0.2) is 4.79 Å². The third kappa shape index (κ3) is 6.76. The predicted molar refractivity (Wildman–Crippen MR) is 124 cm³/mol. The molecule has 0 spiro atoms. The number of hydrogen-bond donors (Lipinski definition) is 2. The fourth-order valence-corrected chi connectivity index (χ4v) is 3.05. The number of amides is 3. The van der Waals surface area contributed by atoms with Gasteiger partial charge in [0, 0.05) is 35.9 Å². The summed E-state index contributed by atoms with van der Waals surface area (Å²) in [6.07, 6.45) is 0.389. The molecule has 3 amide bonds. The van der Waals surface area contributed by atoms with Crippen molar-refractivity contribution >= 4 is 34.9 Å². The van der Waals surface area contributed by atoms with Gasteiger partial charge in [0.25, 0.3) is 0 Å². The van der Waals surface area contributed by atoms with E-state index in [4.69, 9.17) is 16.3 Å². The molecule has 0 aliphatic rings. The first-order valence-corrected chi connectivity index (χ1v) is 10.4. The van der Waals surface area contributed by atoms with Crippen LogP contribution in [0.4, 0.5) is 16.2 Å². The molecule has 0 aliphatic heterocycles. The van der Waals surface area contributed by atoms with E-state index in [9.17, 15) is 9.59 Å². The number of para-hydroxylation sites is 1. The van der Waals surface area contributed by atoms with Crippen molar-refractivity contribution in [2.45, 2.75) is 13.3 Å². The second kappa shape index (κ2) is 11.0. The van der Waals surface area contributed by atoms with Crippen molar-refractivity contribution in [3.8, 4) is 11.5 Å². The number of nitrogens with one attached hydrogen (secondary N) is 2. The maximum absolute atomic E-state index is 13.0. The van der Waals surface area contributed by atoms with Crippen LogP contribution >= 0.6 is 11.6 Å². The van der Waals surface area contributed by atoms with Crippen molar-refractivity contribution in [2.75, 3.05) is 23.3 Å². The first kappa shape index (κ1) is 22.2. The van der Waals surface area contributed by atoms with Crippen LogP contribution in [0.5, 0.6) is 11.5 Å². The average Bonchev–Trinajstić information content (AvgIpc) is 2.78. The van der Waals surface area contributed by atoms with Crippen LogP contribution in [0.3, 0.4) is 0 Å². The van der Waals surface area contributed by atoms with E-state index in [1.807, 2.05) is 30.3 Å². The van der Waals surface area contributed by atoms with Gasteiger partial charge in [0.15, 0.2) is 0 Å². The molecule has 7 heteroatoms. The second-order valence-corrected chi connectivity index (χ2v) is 7.14. The molecule has 0 unspecified atom stereocenters. The highest BCUT2D eigenvalue weighted by molar-refractivity contribution is 6.30. The highest BCUT2D eigenvalue weighted by atomic mass is 35.5. The Morgan fingerprint density at radius 1 is 0.935 bits per heavy atom. The molecule has 2 N–H and O–H groups in total. The SMILES string of the molecule is CCC(=O)NCCN(C(=O)Nc1cccc(Cl)c1)c1ccc(Oc2ccccc2)cc1. The van der Waals surface area contributed by atoms with Crippen molar-refractivity contribution in [3.05, 3.63) is 83.9 Å². The number of urea groups is 1. The van der Waals surface area contributed by atoms with Crippen LogP contribution in [0.25, 0.3) is 0 Å². The average molecular weight is 438 g/mol. The molecular weight excluding hydrogens is 414 g/mol. The normalized spacial score (nSPS) is 10.3. The van der Waals surface area contributed by atoms with E-state index in [2.05, 4.69) is 10.6 Å². The van der Waals surface area contributed by atoms with Gasteiger partial charge in [-0.15, -0.1) is 0 Å². The summed E-state index contributed by atoms with van der Waals surface area (Å²) in [5.74, 6) is 1.32. The number of anilines is 2. The number of rotatable bonds is 8. The minimum absolute atomic E-state index is 0.0678. The van der Waals surface area contributed by atoms with E-state index < -0.39 is 0 Å². The zero-order valence-corrected chi connectivity index (χ0v) is 17.9. The van der Waals surface area contributed by atoms with Gasteiger partial charge in [0.2, 0.25) is 5.91 Å². The van der Waals surface area contributed by atoms with Crippen molar-refractivity contribution in [1.29, 1.82) is 0 Å². The molecule has 0 aliphatic carbocycles. The quantitative estimate of drug-likeness (QED) is 0.475. The molecule has 0 saturated carbocycles. The molecule has 0 heterocycles. The van der Waals surface area contributed by atoms with Crippen molar-refractivity contribution in [3.63, 3.8) is 0 Å². The largest absolute Gasteiger partial charge is 0.457 e. The van der Waals surface area contributed by atoms with Gasteiger partial charge in [0.1, 0.15) is 11.5 Å². The van der Waals surface area contributed by atoms with E-state index in [0.29, 0.717) is 41.7 Å². The Morgan fingerprint density at radius 2 is 1.65 bits per heavy atom. The Balaban J connectivity index is 1.74. The number of benzene rings is 3. The van der Waals surface area contributed by atoms with E-state index in [1.165, 1.54) is 0 Å². The minimum Gasteiger partial charge on any atom is -0.457 e. The van der Waals surface area contributed by atoms with Gasteiger partial charge < -0.3 is 15.4 Å². The number of nitrogens with zero attached hydrogens (tertiary/aromatic N) is 1. The summed E-state index contributed by atoms with van der Waals surface area (Å²) in [5.41, 5.74) is 1.26. The summed E-state index contributed by atoms with van der Waals surface area (Å²) in [7, 11) is 0. The van der Waals surface area contributed by atoms with Crippen LogP contribution in [0, 0.1) is 0 Å². The summed E-state index contributed by atoms with van der Waals surface area (Å²) < 4.78 is 5.82. The number of hydrogen-bond acceptors (Lipinski definition) is 3. The molecule has 3 aromatic carbocycles. The number of ether oxygens (including phenoxy) is 1. The summed E-state index contributed by atoms with van der Waals surface area (Å²) in [6, 6.07) is 23.3. The van der Waals surface area contributed by atoms with Gasteiger partial charge in [0.05, 0.1) is 0 Å². The molecule has 0 atom stereocenters. The Kier molecular flexibility index (Phi) is 7.90. The molecule has 3 rings (SSSR count). The summed E-state index contributed by atoms with van der Waals surface area (Å²) in [6.45, 7) is 2.42. The topological polar surface area (TPSA) is 70.7 Å². The van der Waals surface area contributed by atoms with Crippen molar-refractivity contribution in [2.24, 2.45) is 0 Å². The van der Waals surface area contributed by atoms with Crippen molar-refractivity contribution in [1.82, 2.24) is 5.32 Å². The fraction of sp³-hybridized carbons (Fsp3) is 0.167. The van der Waals surface area contributed by atoms with Crippen LogP contribution in [0.2, 0.25) is 5.02 Å². The van der Waals surface area contributed by atoms with Crippen LogP contribution in [0.1, 0.15) is 13.3 Å². The van der Waals surface area contributed by atoms with E-state index in [0.717, 1.165) is 5.75 Å². The number of carbonyl (C=O) groups excluding carboxylic acids is 2. The fourth-order valence-electron chi connectivity index (χ4n) is 2.86. The first-order chi connectivity index (χ1) is 15.0. The number of halogens is 1. The maximum Gasteiger partial charge on any atom is 0.326 e. The molecule has 0 fully saturated rings. The molecule has 0 bridgehead atoms. The minimum atomic E-state index is -0.329. The summed E-state index contributed by atoms with van der Waals surface area (Å²) >= 11 is 6.02. The third-order valence-corrected chi connectivity index (χ3v) is 4.66. The Morgan fingerprint density at radius 3 is 2.32 bits per heavy atom. The third-order valence-electron chi connectivity index (χ3n) is 4.43. The van der Waals surface area contributed by atoms with Gasteiger partial charge in [-0.1, -0.05) is 42.8 Å². The van der Waals surface area contributed by atoms with Crippen molar-refractivity contribution < 1.29 is 14.3 Å². The lowest BCUT2D eigenvalue weighted by Gasteiger charge is -2.24. The van der Waals surface area contributed by atoms with Crippen LogP contribution in [0.15, 0.2) is 78.9 Å². The van der Waals surface area contributed by atoms with E-state index in [1.54, 1.807) is 60.4 Å². The Bertz CT molecular complexity index is 1010. The zero-order valence-electron chi connectivity index (χ0n) is 17.2. The van der Waals surface area contributed by atoms with E-state index in [-0.39, 0.29) is 11.9 Å². The predicted octanol–water partition coefficient (Wildman–Crippen LogP) is 5.70. The lowest BCUT2D eigenvalue weighted by molar-refractivity contribution is -0.120. The van der Waals surface area contributed by atoms with E-state index >= 15 is 0 Å². The lowest BCUT2D eigenvalue weighted by Crippen LogP contribution is -2.40. The molecule has 6 nitrogen and oxygen atoms in total. The zero-order chi connectivity index (χ0) is 22.1. The lowest BCUT2D eigenvalue weighted by atomic mass is 10.2. The standard InChI is InChI=1S/C24H24ClN3O3/c1-2-23(29)26-15-16-28(24(30)27-19-8-6-7-18(25)17-19)20-11-13-22(14-12-20)31-21-9-4-3-5-10-21/h3-14,17H,2,15-16H2,1H3,(H,26,29)(H,27,30). The molecule has 160 valence electrons. The molecule has 0 aromatic heterocycles. The summed E-state index contributed by atoms with van der Waals surface area (Å²) in [4.78, 5) is 26.1. The summed E-state index contributed by atoms with van der Waals surface area (Å²) in [5, 5.41) is 6.17. The Hall–Kier alpha value is -3.51. The van der Waals surface area contributed by atoms with Gasteiger partial charge in [-0.3, -0.25) is 9.69 Å². The van der Waals surface area contributed by atoms with Crippen LogP contribution in [-0.2, 0) is 4.79 Å². The maximum atomic E-state index is 13.0. The Labute approximate surface area is 186 Å². The van der Waals surface area contributed by atoms with Crippen LogP contribution < -0.4 is 20.3 Å². The smallest absolute Gasteiger partial charge is 0.326 e. The first-order valence-electron chi connectivity index (χ1n) is 9.99. The van der Waals surface area contributed by atoms with Gasteiger partial charge >= 0.3 is 6.03 Å². The number of carbonyl (C=O) groups is 2. The highest BCUT2D eigenvalue weighted by Gasteiger charge is 2.16. The molecule has 0 radical (unpaired) electrons. The van der Waals surface area contributed by atoms with Gasteiger partial charge in [-0.05, 0) is 54.6 Å². The second-order valence-electron chi connectivity index (χ2n) is 6.70. The molecular formula is C24H24ClN3O3. The van der Waals surface area contributed by atoms with Gasteiger partial charge in [-0.2, -0.15) is 0 Å². The monoisotopic (exact) mass is 437 g/mol. The molecule has 0 saturated heterocycles.